The standard InChI is InChI=1S/C16H20N4O/c1-12-11-15(18-13-5-7-14(21-2)8-6-13)19-16(17-12)20-9-3-4-10-20/h5-8,11H,3-4,9-10H2,1-2H3,(H,17,18,19). The highest BCUT2D eigenvalue weighted by Crippen LogP contribution is 2.22. The van der Waals surface area contributed by atoms with E-state index in [0.717, 1.165) is 42.0 Å². The van der Waals surface area contributed by atoms with Crippen LogP contribution in [0, 0.1) is 6.92 Å². The van der Waals surface area contributed by atoms with Crippen molar-refractivity contribution in [1.29, 1.82) is 0 Å². The summed E-state index contributed by atoms with van der Waals surface area (Å²) in [4.78, 5) is 11.4. The minimum Gasteiger partial charge on any atom is -0.497 e. The van der Waals surface area contributed by atoms with Crippen molar-refractivity contribution in [2.24, 2.45) is 0 Å². The molecule has 0 spiro atoms. The Morgan fingerprint density at radius 3 is 2.48 bits per heavy atom. The Hall–Kier alpha value is -2.30. The quantitative estimate of drug-likeness (QED) is 0.934. The van der Waals surface area contributed by atoms with Crippen LogP contribution in [0.4, 0.5) is 17.5 Å². The first-order valence-electron chi connectivity index (χ1n) is 7.26. The van der Waals surface area contributed by atoms with E-state index in [0.29, 0.717) is 0 Å². The third-order valence-corrected chi connectivity index (χ3v) is 3.59. The van der Waals surface area contributed by atoms with Crippen molar-refractivity contribution in [2.45, 2.75) is 19.8 Å². The summed E-state index contributed by atoms with van der Waals surface area (Å²) in [5.74, 6) is 2.50. The van der Waals surface area contributed by atoms with Crippen LogP contribution in [0.1, 0.15) is 18.5 Å². The number of hydrogen-bond acceptors (Lipinski definition) is 5. The van der Waals surface area contributed by atoms with Gasteiger partial charge in [-0.25, -0.2) is 4.98 Å². The molecular formula is C16H20N4O. The van der Waals surface area contributed by atoms with E-state index >= 15 is 0 Å². The van der Waals surface area contributed by atoms with E-state index in [9.17, 15) is 0 Å². The highest BCUT2D eigenvalue weighted by atomic mass is 16.5. The molecule has 2 heterocycles. The molecule has 1 saturated heterocycles. The number of aryl methyl sites for hydroxylation is 1. The topological polar surface area (TPSA) is 50.3 Å². The molecule has 1 aromatic carbocycles. The molecule has 0 atom stereocenters. The molecule has 0 saturated carbocycles. The number of nitrogens with one attached hydrogen (secondary N) is 1. The van der Waals surface area contributed by atoms with E-state index in [-0.39, 0.29) is 0 Å². The number of nitrogens with zero attached hydrogens (tertiary/aromatic N) is 3. The first-order chi connectivity index (χ1) is 10.2. The SMILES string of the molecule is COc1ccc(Nc2cc(C)nc(N3CCCC3)n2)cc1. The molecule has 1 aliphatic heterocycles. The number of methoxy groups -OCH3 is 1. The summed E-state index contributed by atoms with van der Waals surface area (Å²) in [5.41, 5.74) is 1.96. The molecular weight excluding hydrogens is 264 g/mol. The Morgan fingerprint density at radius 1 is 1.10 bits per heavy atom. The third-order valence-electron chi connectivity index (χ3n) is 3.59. The number of hydrogen-bond donors (Lipinski definition) is 1. The zero-order valence-corrected chi connectivity index (χ0v) is 12.5. The lowest BCUT2D eigenvalue weighted by Crippen LogP contribution is -2.21. The molecule has 21 heavy (non-hydrogen) atoms. The Bertz CT molecular complexity index is 606. The van der Waals surface area contributed by atoms with Gasteiger partial charge in [-0.15, -0.1) is 0 Å². The second-order valence-corrected chi connectivity index (χ2v) is 5.24. The van der Waals surface area contributed by atoms with Gasteiger partial charge in [-0.2, -0.15) is 4.98 Å². The van der Waals surface area contributed by atoms with E-state index < -0.39 is 0 Å². The molecule has 3 rings (SSSR count). The fourth-order valence-electron chi connectivity index (χ4n) is 2.50. The fraction of sp³-hybridized carbons (Fsp3) is 0.375. The maximum atomic E-state index is 5.17. The predicted molar refractivity (Wildman–Crippen MR) is 84.5 cm³/mol. The predicted octanol–water partition coefficient (Wildman–Crippen LogP) is 3.14. The van der Waals surface area contributed by atoms with Gasteiger partial charge in [0.25, 0.3) is 0 Å². The van der Waals surface area contributed by atoms with Gasteiger partial charge in [-0.05, 0) is 44.0 Å². The van der Waals surface area contributed by atoms with Crippen LogP contribution in [-0.2, 0) is 0 Å². The van der Waals surface area contributed by atoms with Crippen molar-refractivity contribution in [3.05, 3.63) is 36.0 Å². The highest BCUT2D eigenvalue weighted by Gasteiger charge is 2.15. The van der Waals surface area contributed by atoms with Crippen LogP contribution < -0.4 is 15.0 Å². The summed E-state index contributed by atoms with van der Waals surface area (Å²) in [6.45, 7) is 4.09. The minimum atomic E-state index is 0.823. The van der Waals surface area contributed by atoms with Gasteiger partial charge in [0.2, 0.25) is 5.95 Å². The van der Waals surface area contributed by atoms with E-state index in [1.807, 2.05) is 37.3 Å². The summed E-state index contributed by atoms with van der Waals surface area (Å²) < 4.78 is 5.17. The highest BCUT2D eigenvalue weighted by molar-refractivity contribution is 5.58. The van der Waals surface area contributed by atoms with Crippen LogP contribution in [0.15, 0.2) is 30.3 Å². The van der Waals surface area contributed by atoms with Gasteiger partial charge in [-0.1, -0.05) is 0 Å². The molecule has 1 aromatic heterocycles. The van der Waals surface area contributed by atoms with Crippen LogP contribution >= 0.6 is 0 Å². The average Bonchev–Trinajstić information content (AvgIpc) is 3.02. The smallest absolute Gasteiger partial charge is 0.227 e. The molecule has 0 bridgehead atoms. The van der Waals surface area contributed by atoms with Crippen LogP contribution in [0.25, 0.3) is 0 Å². The summed E-state index contributed by atoms with van der Waals surface area (Å²) in [7, 11) is 1.67. The number of aromatic nitrogens is 2. The number of ether oxygens (including phenoxy) is 1. The van der Waals surface area contributed by atoms with Crippen molar-refractivity contribution in [3.8, 4) is 5.75 Å². The molecule has 1 N–H and O–H groups in total. The maximum absolute atomic E-state index is 5.17. The summed E-state index contributed by atoms with van der Waals surface area (Å²) in [6.07, 6.45) is 2.44. The van der Waals surface area contributed by atoms with E-state index in [1.165, 1.54) is 12.8 Å². The van der Waals surface area contributed by atoms with Crippen molar-refractivity contribution >= 4 is 17.5 Å². The van der Waals surface area contributed by atoms with Crippen molar-refractivity contribution in [2.75, 3.05) is 30.4 Å². The van der Waals surface area contributed by atoms with Crippen LogP contribution in [0.5, 0.6) is 5.75 Å². The van der Waals surface area contributed by atoms with Gasteiger partial charge >= 0.3 is 0 Å². The Labute approximate surface area is 125 Å². The molecule has 1 aliphatic rings. The molecule has 0 amide bonds. The Balaban J connectivity index is 1.80. The lowest BCUT2D eigenvalue weighted by Gasteiger charge is -2.17. The maximum Gasteiger partial charge on any atom is 0.227 e. The van der Waals surface area contributed by atoms with E-state index in [4.69, 9.17) is 4.74 Å². The molecule has 2 aromatic rings. The zero-order valence-electron chi connectivity index (χ0n) is 12.5. The van der Waals surface area contributed by atoms with E-state index in [1.54, 1.807) is 7.11 Å². The van der Waals surface area contributed by atoms with E-state index in [2.05, 4.69) is 20.2 Å². The van der Waals surface area contributed by atoms with Crippen LogP contribution in [0.3, 0.4) is 0 Å². The van der Waals surface area contributed by atoms with Crippen molar-refractivity contribution in [3.63, 3.8) is 0 Å². The molecule has 0 radical (unpaired) electrons. The van der Waals surface area contributed by atoms with Crippen LogP contribution in [0.2, 0.25) is 0 Å². The van der Waals surface area contributed by atoms with Crippen molar-refractivity contribution in [1.82, 2.24) is 9.97 Å². The second-order valence-electron chi connectivity index (χ2n) is 5.24. The van der Waals surface area contributed by atoms with Crippen molar-refractivity contribution < 1.29 is 4.74 Å². The van der Waals surface area contributed by atoms with Gasteiger partial charge < -0.3 is 15.0 Å². The first kappa shape index (κ1) is 13.7. The van der Waals surface area contributed by atoms with Gasteiger partial charge in [0.1, 0.15) is 11.6 Å². The monoisotopic (exact) mass is 284 g/mol. The largest absolute Gasteiger partial charge is 0.497 e. The third kappa shape index (κ3) is 3.24. The minimum absolute atomic E-state index is 0.823. The molecule has 110 valence electrons. The fourth-order valence-corrected chi connectivity index (χ4v) is 2.50. The number of rotatable bonds is 4. The van der Waals surface area contributed by atoms with Gasteiger partial charge in [0.05, 0.1) is 7.11 Å². The number of anilines is 3. The van der Waals surface area contributed by atoms with Crippen LogP contribution in [-0.4, -0.2) is 30.2 Å². The number of benzene rings is 1. The summed E-state index contributed by atoms with van der Waals surface area (Å²) >= 11 is 0. The van der Waals surface area contributed by atoms with Gasteiger partial charge in [-0.3, -0.25) is 0 Å². The molecule has 0 unspecified atom stereocenters. The summed E-state index contributed by atoms with van der Waals surface area (Å²) in [5, 5.41) is 3.33. The molecule has 1 fully saturated rings. The summed E-state index contributed by atoms with van der Waals surface area (Å²) in [6, 6.07) is 9.77. The first-order valence-corrected chi connectivity index (χ1v) is 7.26. The molecule has 5 heteroatoms. The second kappa shape index (κ2) is 5.99. The lowest BCUT2D eigenvalue weighted by molar-refractivity contribution is 0.415. The van der Waals surface area contributed by atoms with Gasteiger partial charge in [0, 0.05) is 30.5 Å². The Kier molecular flexibility index (Phi) is 3.90. The average molecular weight is 284 g/mol. The lowest BCUT2D eigenvalue weighted by atomic mass is 10.3. The normalized spacial score (nSPS) is 14.3. The van der Waals surface area contributed by atoms with Gasteiger partial charge in [0.15, 0.2) is 0 Å². The molecule has 5 nitrogen and oxygen atoms in total. The molecule has 0 aliphatic carbocycles. The zero-order chi connectivity index (χ0) is 14.7. The Morgan fingerprint density at radius 2 is 1.81 bits per heavy atom.